The van der Waals surface area contributed by atoms with E-state index in [1.165, 1.54) is 5.56 Å². The minimum absolute atomic E-state index is 0.255. The maximum Gasteiger partial charge on any atom is 0.162 e. The molecular formula is C17H27NO. The van der Waals surface area contributed by atoms with Crippen LogP contribution in [0.15, 0.2) is 24.3 Å². The van der Waals surface area contributed by atoms with Gasteiger partial charge in [-0.25, -0.2) is 0 Å². The van der Waals surface area contributed by atoms with Crippen molar-refractivity contribution in [2.75, 3.05) is 6.54 Å². The quantitative estimate of drug-likeness (QED) is 0.714. The van der Waals surface area contributed by atoms with Crippen LogP contribution in [0.4, 0.5) is 0 Å². The van der Waals surface area contributed by atoms with E-state index in [-0.39, 0.29) is 5.78 Å². The van der Waals surface area contributed by atoms with E-state index >= 15 is 0 Å². The highest BCUT2D eigenvalue weighted by atomic mass is 16.1. The summed E-state index contributed by atoms with van der Waals surface area (Å²) in [6, 6.07) is 8.05. The van der Waals surface area contributed by atoms with Crippen LogP contribution in [0.5, 0.6) is 0 Å². The summed E-state index contributed by atoms with van der Waals surface area (Å²) in [6.45, 7) is 7.21. The molecule has 0 saturated carbocycles. The fourth-order valence-electron chi connectivity index (χ4n) is 2.32. The predicted octanol–water partition coefficient (Wildman–Crippen LogP) is 4.15. The molecule has 2 heteroatoms. The summed E-state index contributed by atoms with van der Waals surface area (Å²) >= 11 is 0. The van der Waals surface area contributed by atoms with Crippen LogP contribution >= 0.6 is 0 Å². The van der Waals surface area contributed by atoms with Gasteiger partial charge in [0.25, 0.3) is 0 Å². The molecule has 2 N–H and O–H groups in total. The minimum Gasteiger partial charge on any atom is -0.330 e. The molecule has 0 aliphatic carbocycles. The summed E-state index contributed by atoms with van der Waals surface area (Å²) in [4.78, 5) is 12.1. The third-order valence-electron chi connectivity index (χ3n) is 3.83. The van der Waals surface area contributed by atoms with Gasteiger partial charge in [-0.2, -0.15) is 0 Å². The molecule has 0 aromatic heterocycles. The van der Waals surface area contributed by atoms with Crippen molar-refractivity contribution < 1.29 is 4.79 Å². The maximum absolute atomic E-state index is 12.1. The van der Waals surface area contributed by atoms with E-state index < -0.39 is 0 Å². The standard InChI is InChI=1S/C17H27NO/c1-4-14(11-12-18)5-10-17(19)16-8-6-15(7-9-16)13(2)3/h6-9,13-14H,4-5,10-12,18H2,1-3H3. The number of carbonyl (C=O) groups is 1. The smallest absolute Gasteiger partial charge is 0.162 e. The van der Waals surface area contributed by atoms with Crippen molar-refractivity contribution in [2.45, 2.75) is 52.4 Å². The van der Waals surface area contributed by atoms with E-state index in [9.17, 15) is 4.79 Å². The van der Waals surface area contributed by atoms with Crippen molar-refractivity contribution in [1.82, 2.24) is 0 Å². The molecule has 1 rings (SSSR count). The van der Waals surface area contributed by atoms with Crippen LogP contribution < -0.4 is 5.73 Å². The molecule has 0 radical (unpaired) electrons. The molecule has 1 aromatic carbocycles. The van der Waals surface area contributed by atoms with Gasteiger partial charge in [0.1, 0.15) is 0 Å². The number of carbonyl (C=O) groups excluding carboxylic acids is 1. The maximum atomic E-state index is 12.1. The summed E-state index contributed by atoms with van der Waals surface area (Å²) < 4.78 is 0. The zero-order valence-corrected chi connectivity index (χ0v) is 12.5. The second kappa shape index (κ2) is 8.11. The van der Waals surface area contributed by atoms with E-state index in [1.54, 1.807) is 0 Å². The Morgan fingerprint density at radius 3 is 2.26 bits per heavy atom. The third kappa shape index (κ3) is 5.15. The van der Waals surface area contributed by atoms with E-state index in [2.05, 4.69) is 32.9 Å². The summed E-state index contributed by atoms with van der Waals surface area (Å²) in [5.74, 6) is 1.35. The number of hydrogen-bond acceptors (Lipinski definition) is 2. The lowest BCUT2D eigenvalue weighted by Crippen LogP contribution is -2.10. The number of Topliss-reactive ketones (excluding diaryl/α,β-unsaturated/α-hetero) is 1. The molecular weight excluding hydrogens is 234 g/mol. The van der Waals surface area contributed by atoms with Gasteiger partial charge < -0.3 is 5.73 Å². The molecule has 0 aliphatic heterocycles. The van der Waals surface area contributed by atoms with Gasteiger partial charge in [0, 0.05) is 12.0 Å². The van der Waals surface area contributed by atoms with Crippen molar-refractivity contribution in [3.8, 4) is 0 Å². The molecule has 1 unspecified atom stereocenters. The lowest BCUT2D eigenvalue weighted by Gasteiger charge is -2.13. The number of nitrogens with two attached hydrogens (primary N) is 1. The monoisotopic (exact) mass is 261 g/mol. The predicted molar refractivity (Wildman–Crippen MR) is 81.5 cm³/mol. The van der Waals surface area contributed by atoms with Gasteiger partial charge in [-0.15, -0.1) is 0 Å². The molecule has 0 fully saturated rings. The summed E-state index contributed by atoms with van der Waals surface area (Å²) in [6.07, 6.45) is 3.73. The second-order valence-electron chi connectivity index (χ2n) is 5.59. The summed E-state index contributed by atoms with van der Waals surface area (Å²) in [5, 5.41) is 0. The SMILES string of the molecule is CCC(CCN)CCC(=O)c1ccc(C(C)C)cc1. The molecule has 1 atom stereocenters. The van der Waals surface area contributed by atoms with Crippen LogP contribution in [-0.4, -0.2) is 12.3 Å². The number of ketones is 1. The first kappa shape index (κ1) is 15.9. The molecule has 19 heavy (non-hydrogen) atoms. The van der Waals surface area contributed by atoms with Gasteiger partial charge in [0.15, 0.2) is 5.78 Å². The Kier molecular flexibility index (Phi) is 6.79. The fourth-order valence-corrected chi connectivity index (χ4v) is 2.32. The Morgan fingerprint density at radius 2 is 1.79 bits per heavy atom. The van der Waals surface area contributed by atoms with Crippen LogP contribution in [-0.2, 0) is 0 Å². The van der Waals surface area contributed by atoms with Crippen molar-refractivity contribution in [2.24, 2.45) is 11.7 Å². The number of hydrogen-bond donors (Lipinski definition) is 1. The first-order chi connectivity index (χ1) is 9.08. The molecule has 0 bridgehead atoms. The van der Waals surface area contributed by atoms with Crippen LogP contribution in [0, 0.1) is 5.92 Å². The van der Waals surface area contributed by atoms with Gasteiger partial charge in [-0.1, -0.05) is 51.5 Å². The lowest BCUT2D eigenvalue weighted by molar-refractivity contribution is 0.0972. The van der Waals surface area contributed by atoms with Crippen LogP contribution in [0.1, 0.15) is 68.3 Å². The Hall–Kier alpha value is -1.15. The zero-order chi connectivity index (χ0) is 14.3. The topological polar surface area (TPSA) is 43.1 Å². The molecule has 0 aliphatic rings. The molecule has 1 aromatic rings. The van der Waals surface area contributed by atoms with E-state index in [0.29, 0.717) is 18.3 Å². The normalized spacial score (nSPS) is 12.7. The zero-order valence-electron chi connectivity index (χ0n) is 12.5. The van der Waals surface area contributed by atoms with E-state index in [4.69, 9.17) is 5.73 Å². The van der Waals surface area contributed by atoms with Gasteiger partial charge in [-0.05, 0) is 36.8 Å². The highest BCUT2D eigenvalue weighted by Crippen LogP contribution is 2.19. The number of rotatable bonds is 8. The molecule has 0 heterocycles. The highest BCUT2D eigenvalue weighted by molar-refractivity contribution is 5.96. The first-order valence-electron chi connectivity index (χ1n) is 7.41. The van der Waals surface area contributed by atoms with Gasteiger partial charge in [0.2, 0.25) is 0 Å². The highest BCUT2D eigenvalue weighted by Gasteiger charge is 2.11. The first-order valence-corrected chi connectivity index (χ1v) is 7.41. The van der Waals surface area contributed by atoms with E-state index in [0.717, 1.165) is 31.4 Å². The molecule has 2 nitrogen and oxygen atoms in total. The largest absolute Gasteiger partial charge is 0.330 e. The van der Waals surface area contributed by atoms with Crippen LogP contribution in [0.3, 0.4) is 0 Å². The minimum atomic E-state index is 0.255. The van der Waals surface area contributed by atoms with Crippen LogP contribution in [0.25, 0.3) is 0 Å². The van der Waals surface area contributed by atoms with Crippen molar-refractivity contribution >= 4 is 5.78 Å². The van der Waals surface area contributed by atoms with Crippen molar-refractivity contribution in [1.29, 1.82) is 0 Å². The Labute approximate surface area is 117 Å². The van der Waals surface area contributed by atoms with Gasteiger partial charge >= 0.3 is 0 Å². The van der Waals surface area contributed by atoms with E-state index in [1.807, 2.05) is 12.1 Å². The lowest BCUT2D eigenvalue weighted by atomic mass is 9.93. The Bertz CT molecular complexity index is 381. The second-order valence-corrected chi connectivity index (χ2v) is 5.59. The molecule has 0 amide bonds. The average molecular weight is 261 g/mol. The molecule has 106 valence electrons. The molecule has 0 saturated heterocycles. The van der Waals surface area contributed by atoms with Gasteiger partial charge in [0.05, 0.1) is 0 Å². The number of benzene rings is 1. The summed E-state index contributed by atoms with van der Waals surface area (Å²) in [7, 11) is 0. The Balaban J connectivity index is 2.53. The van der Waals surface area contributed by atoms with Crippen molar-refractivity contribution in [3.63, 3.8) is 0 Å². The van der Waals surface area contributed by atoms with Crippen molar-refractivity contribution in [3.05, 3.63) is 35.4 Å². The van der Waals surface area contributed by atoms with Gasteiger partial charge in [-0.3, -0.25) is 4.79 Å². The Morgan fingerprint density at radius 1 is 1.16 bits per heavy atom. The summed E-state index contributed by atoms with van der Waals surface area (Å²) in [5.41, 5.74) is 7.71. The third-order valence-corrected chi connectivity index (χ3v) is 3.83. The fraction of sp³-hybridized carbons (Fsp3) is 0.588. The average Bonchev–Trinajstić information content (AvgIpc) is 2.43. The van der Waals surface area contributed by atoms with Crippen LogP contribution in [0.2, 0.25) is 0 Å². The molecule has 0 spiro atoms.